The molecule has 42 heavy (non-hydrogen) atoms. The third-order valence-corrected chi connectivity index (χ3v) is 9.59. The standard InChI is InChI=1S/C33H44N4O5/c1-4-32-18-19-33(42-32)27(26(32)29(39)34-22-23-12-8-7-9-13-23)31(41)37(20-10-11-21-38)28(33)30(40)35-24-14-16-25(17-15-24)36(5-2)6-3/h7-9,12-17,26-28,38H,4-6,10-11,18-22H2,1-3H3,(H,34,39)(H,35,40)/t26-,27-,28?,32+,33?/m0/s1. The van der Waals surface area contributed by atoms with E-state index in [9.17, 15) is 19.5 Å². The van der Waals surface area contributed by atoms with Crippen molar-refractivity contribution in [2.45, 2.75) is 76.7 Å². The van der Waals surface area contributed by atoms with E-state index in [2.05, 4.69) is 29.4 Å². The highest BCUT2D eigenvalue weighted by molar-refractivity contribution is 6.03. The summed E-state index contributed by atoms with van der Waals surface area (Å²) in [7, 11) is 0. The highest BCUT2D eigenvalue weighted by atomic mass is 16.5. The number of aliphatic hydroxyl groups is 1. The minimum atomic E-state index is -1.08. The lowest BCUT2D eigenvalue weighted by atomic mass is 9.65. The first-order valence-corrected chi connectivity index (χ1v) is 15.4. The van der Waals surface area contributed by atoms with Gasteiger partial charge in [0.1, 0.15) is 11.6 Å². The molecule has 2 aromatic carbocycles. The van der Waals surface area contributed by atoms with Crippen LogP contribution in [0.3, 0.4) is 0 Å². The summed E-state index contributed by atoms with van der Waals surface area (Å²) in [4.78, 5) is 45.9. The van der Waals surface area contributed by atoms with Crippen LogP contribution in [0.15, 0.2) is 54.6 Å². The van der Waals surface area contributed by atoms with Gasteiger partial charge in [-0.3, -0.25) is 14.4 Å². The van der Waals surface area contributed by atoms with Crippen molar-refractivity contribution in [3.8, 4) is 0 Å². The van der Waals surface area contributed by atoms with Gasteiger partial charge in [0.05, 0.1) is 17.4 Å². The normalized spacial score (nSPS) is 27.7. The number of anilines is 2. The smallest absolute Gasteiger partial charge is 0.250 e. The molecule has 9 heteroatoms. The van der Waals surface area contributed by atoms with Gasteiger partial charge in [-0.2, -0.15) is 0 Å². The topological polar surface area (TPSA) is 111 Å². The second-order valence-electron chi connectivity index (χ2n) is 11.7. The van der Waals surface area contributed by atoms with E-state index in [1.165, 1.54) is 0 Å². The lowest BCUT2D eigenvalue weighted by Gasteiger charge is -2.34. The molecule has 0 aliphatic carbocycles. The second-order valence-corrected chi connectivity index (χ2v) is 11.7. The summed E-state index contributed by atoms with van der Waals surface area (Å²) in [5.41, 5.74) is 0.829. The number of ether oxygens (including phenoxy) is 1. The fraction of sp³-hybridized carbons (Fsp3) is 0.545. The highest BCUT2D eigenvalue weighted by Crippen LogP contribution is 2.64. The maximum Gasteiger partial charge on any atom is 0.250 e. The Kier molecular flexibility index (Phi) is 8.89. The fourth-order valence-electron chi connectivity index (χ4n) is 7.50. The second kappa shape index (κ2) is 12.4. The Morgan fingerprint density at radius 1 is 1.00 bits per heavy atom. The van der Waals surface area contributed by atoms with Crippen LogP contribution in [0.25, 0.3) is 0 Å². The third-order valence-electron chi connectivity index (χ3n) is 9.59. The number of carbonyl (C=O) groups excluding carboxylic acids is 3. The molecule has 3 saturated heterocycles. The molecule has 3 aliphatic heterocycles. The Morgan fingerprint density at radius 2 is 1.71 bits per heavy atom. The minimum absolute atomic E-state index is 0.00626. The van der Waals surface area contributed by atoms with Gasteiger partial charge in [0.2, 0.25) is 17.7 Å². The fourth-order valence-corrected chi connectivity index (χ4v) is 7.50. The molecule has 226 valence electrons. The van der Waals surface area contributed by atoms with Gasteiger partial charge in [-0.15, -0.1) is 0 Å². The number of unbranched alkanes of at least 4 members (excludes halogenated alkanes) is 1. The van der Waals surface area contributed by atoms with Crippen molar-refractivity contribution in [2.24, 2.45) is 11.8 Å². The molecule has 0 radical (unpaired) electrons. The first-order valence-electron chi connectivity index (χ1n) is 15.4. The van der Waals surface area contributed by atoms with Gasteiger partial charge in [0.15, 0.2) is 0 Å². The van der Waals surface area contributed by atoms with Crippen LogP contribution >= 0.6 is 0 Å². The molecule has 9 nitrogen and oxygen atoms in total. The first kappa shape index (κ1) is 30.0. The number of amides is 3. The zero-order chi connectivity index (χ0) is 29.9. The molecule has 2 aromatic rings. The Bertz CT molecular complexity index is 1270. The van der Waals surface area contributed by atoms with E-state index in [-0.39, 0.29) is 24.3 Å². The number of nitrogens with zero attached hydrogens (tertiary/aromatic N) is 2. The number of carbonyl (C=O) groups is 3. The summed E-state index contributed by atoms with van der Waals surface area (Å²) in [5.74, 6) is -2.14. The molecule has 2 unspecified atom stereocenters. The van der Waals surface area contributed by atoms with Crippen LogP contribution in [0.5, 0.6) is 0 Å². The summed E-state index contributed by atoms with van der Waals surface area (Å²) in [6, 6.07) is 16.6. The summed E-state index contributed by atoms with van der Waals surface area (Å²) >= 11 is 0. The maximum atomic E-state index is 14.2. The number of hydrogen-bond donors (Lipinski definition) is 3. The minimum Gasteiger partial charge on any atom is -0.396 e. The predicted molar refractivity (Wildman–Crippen MR) is 162 cm³/mol. The Labute approximate surface area is 248 Å². The first-order chi connectivity index (χ1) is 20.3. The average molecular weight is 577 g/mol. The number of fused-ring (bicyclic) bond motifs is 1. The lowest BCUT2D eigenvalue weighted by molar-refractivity contribution is -0.146. The van der Waals surface area contributed by atoms with Crippen LogP contribution in [0, 0.1) is 11.8 Å². The molecule has 3 amide bonds. The van der Waals surface area contributed by atoms with Crippen molar-refractivity contribution in [1.82, 2.24) is 10.2 Å². The molecule has 2 bridgehead atoms. The number of aliphatic hydroxyl groups excluding tert-OH is 1. The molecule has 5 rings (SSSR count). The largest absolute Gasteiger partial charge is 0.396 e. The molecular weight excluding hydrogens is 532 g/mol. The average Bonchev–Trinajstić information content (AvgIpc) is 3.61. The molecule has 5 atom stereocenters. The predicted octanol–water partition coefficient (Wildman–Crippen LogP) is 3.72. The Hall–Kier alpha value is -3.43. The van der Waals surface area contributed by atoms with Crippen LogP contribution in [0.2, 0.25) is 0 Å². The van der Waals surface area contributed by atoms with Crippen molar-refractivity contribution < 1.29 is 24.2 Å². The SMILES string of the molecule is CCN(CC)c1ccc(NC(=O)C2N(CCCCO)C(=O)[C@@H]3[C@@H](C(=O)NCc4ccccc4)[C@@]4(CC)CCC23O4)cc1. The van der Waals surface area contributed by atoms with Gasteiger partial charge in [-0.05, 0) is 75.8 Å². The van der Waals surface area contributed by atoms with Crippen LogP contribution in [-0.4, -0.2) is 71.2 Å². The number of hydrogen-bond acceptors (Lipinski definition) is 6. The maximum absolute atomic E-state index is 14.2. The van der Waals surface area contributed by atoms with E-state index in [1.807, 2.05) is 61.5 Å². The number of benzene rings is 2. The Morgan fingerprint density at radius 3 is 2.36 bits per heavy atom. The molecule has 0 saturated carbocycles. The summed E-state index contributed by atoms with van der Waals surface area (Å²) in [5, 5.41) is 15.5. The number of rotatable bonds is 13. The van der Waals surface area contributed by atoms with Gasteiger partial charge in [-0.1, -0.05) is 37.3 Å². The van der Waals surface area contributed by atoms with Gasteiger partial charge in [0.25, 0.3) is 0 Å². The molecule has 3 fully saturated rings. The third kappa shape index (κ3) is 5.17. The van der Waals surface area contributed by atoms with Crippen LogP contribution in [0.4, 0.5) is 11.4 Å². The van der Waals surface area contributed by atoms with Gasteiger partial charge in [0, 0.05) is 44.2 Å². The van der Waals surface area contributed by atoms with Crippen molar-refractivity contribution >= 4 is 29.1 Å². The molecule has 3 heterocycles. The van der Waals surface area contributed by atoms with E-state index in [4.69, 9.17) is 4.74 Å². The van der Waals surface area contributed by atoms with Gasteiger partial charge < -0.3 is 30.3 Å². The molecular formula is C33H44N4O5. The van der Waals surface area contributed by atoms with Crippen LogP contribution in [-0.2, 0) is 25.7 Å². The van der Waals surface area contributed by atoms with Crippen molar-refractivity contribution in [2.75, 3.05) is 36.5 Å². The number of nitrogens with one attached hydrogen (secondary N) is 2. The van der Waals surface area contributed by atoms with Crippen molar-refractivity contribution in [3.63, 3.8) is 0 Å². The van der Waals surface area contributed by atoms with E-state index < -0.39 is 29.1 Å². The van der Waals surface area contributed by atoms with Crippen molar-refractivity contribution in [1.29, 1.82) is 0 Å². The van der Waals surface area contributed by atoms with Crippen LogP contribution < -0.4 is 15.5 Å². The summed E-state index contributed by atoms with van der Waals surface area (Å²) in [6.45, 7) is 8.65. The molecule has 1 spiro atoms. The quantitative estimate of drug-likeness (QED) is 0.314. The zero-order valence-electron chi connectivity index (χ0n) is 25.0. The summed E-state index contributed by atoms with van der Waals surface area (Å²) in [6.07, 6.45) is 2.80. The van der Waals surface area contributed by atoms with Gasteiger partial charge >= 0.3 is 0 Å². The molecule has 0 aromatic heterocycles. The molecule has 3 N–H and O–H groups in total. The Balaban J connectivity index is 1.43. The highest BCUT2D eigenvalue weighted by Gasteiger charge is 2.78. The van der Waals surface area contributed by atoms with Gasteiger partial charge in [-0.25, -0.2) is 0 Å². The number of likely N-dealkylation sites (tertiary alicyclic amines) is 1. The van der Waals surface area contributed by atoms with Crippen molar-refractivity contribution in [3.05, 3.63) is 60.2 Å². The summed E-state index contributed by atoms with van der Waals surface area (Å²) < 4.78 is 6.82. The van der Waals surface area contributed by atoms with E-state index >= 15 is 0 Å². The lowest BCUT2D eigenvalue weighted by Crippen LogP contribution is -2.53. The monoisotopic (exact) mass is 576 g/mol. The van der Waals surface area contributed by atoms with Crippen LogP contribution in [0.1, 0.15) is 58.4 Å². The molecule has 3 aliphatic rings. The van der Waals surface area contributed by atoms with E-state index in [0.29, 0.717) is 50.9 Å². The zero-order valence-corrected chi connectivity index (χ0v) is 25.0. The van der Waals surface area contributed by atoms with E-state index in [1.54, 1.807) is 4.90 Å². The van der Waals surface area contributed by atoms with E-state index in [0.717, 1.165) is 24.3 Å².